The lowest BCUT2D eigenvalue weighted by Gasteiger charge is -2.13. The van der Waals surface area contributed by atoms with Crippen LogP contribution in [-0.2, 0) is 26.4 Å². The van der Waals surface area contributed by atoms with E-state index in [1.807, 2.05) is 23.3 Å². The maximum absolute atomic E-state index is 6.35. The third kappa shape index (κ3) is 2.87. The average molecular weight is 261 g/mol. The third-order valence-corrected chi connectivity index (χ3v) is 3.43. The van der Waals surface area contributed by atoms with Gasteiger partial charge in [0, 0.05) is 25.7 Å². The van der Waals surface area contributed by atoms with Crippen LogP contribution in [0.1, 0.15) is 42.7 Å². The third-order valence-electron chi connectivity index (χ3n) is 3.43. The van der Waals surface area contributed by atoms with Crippen LogP contribution in [0.2, 0.25) is 0 Å². The van der Waals surface area contributed by atoms with Gasteiger partial charge in [-0.05, 0) is 32.4 Å². The van der Waals surface area contributed by atoms with E-state index in [0.29, 0.717) is 0 Å². The van der Waals surface area contributed by atoms with Crippen LogP contribution in [0.15, 0.2) is 12.1 Å². The van der Waals surface area contributed by atoms with Gasteiger partial charge in [-0.15, -0.1) is 0 Å². The normalized spacial score (nSPS) is 12.9. The fraction of sp³-hybridized carbons (Fsp3) is 0.571. The Morgan fingerprint density at radius 2 is 2.00 bits per heavy atom. The van der Waals surface area contributed by atoms with Crippen molar-refractivity contribution in [1.82, 2.24) is 19.6 Å². The Bertz CT molecular complexity index is 552. The van der Waals surface area contributed by atoms with E-state index < -0.39 is 0 Å². The van der Waals surface area contributed by atoms with Crippen molar-refractivity contribution in [2.24, 2.45) is 12.8 Å². The molecule has 1 atom stereocenters. The molecule has 2 aromatic heterocycles. The summed E-state index contributed by atoms with van der Waals surface area (Å²) in [6, 6.07) is 4.17. The van der Waals surface area contributed by atoms with Gasteiger partial charge >= 0.3 is 0 Å². The van der Waals surface area contributed by atoms with Crippen LogP contribution in [0, 0.1) is 6.92 Å². The summed E-state index contributed by atoms with van der Waals surface area (Å²) in [4.78, 5) is 0. The molecule has 0 aliphatic carbocycles. The molecule has 0 amide bonds. The van der Waals surface area contributed by atoms with Gasteiger partial charge in [0.25, 0.3) is 0 Å². The Hall–Kier alpha value is -1.62. The molecule has 0 bridgehead atoms. The van der Waals surface area contributed by atoms with Crippen LogP contribution in [0.4, 0.5) is 0 Å². The topological polar surface area (TPSA) is 61.7 Å². The predicted molar refractivity (Wildman–Crippen MR) is 75.9 cm³/mol. The molecule has 0 aliphatic rings. The van der Waals surface area contributed by atoms with Gasteiger partial charge in [-0.3, -0.25) is 9.36 Å². The van der Waals surface area contributed by atoms with Crippen molar-refractivity contribution >= 4 is 0 Å². The zero-order valence-corrected chi connectivity index (χ0v) is 12.2. The number of nitrogens with two attached hydrogens (primary N) is 1. The number of aromatic nitrogens is 4. The fourth-order valence-corrected chi connectivity index (χ4v) is 2.40. The van der Waals surface area contributed by atoms with E-state index in [1.165, 1.54) is 0 Å². The smallest absolute Gasteiger partial charge is 0.0625 e. The molecule has 2 rings (SSSR count). The highest BCUT2D eigenvalue weighted by Gasteiger charge is 2.16. The molecule has 0 fully saturated rings. The number of aryl methyl sites for hydroxylation is 4. The first-order valence-corrected chi connectivity index (χ1v) is 6.86. The van der Waals surface area contributed by atoms with Crippen molar-refractivity contribution in [3.63, 3.8) is 0 Å². The SMILES string of the molecule is CCc1cc(C(N)Cc2cc(C)nn2C)n(CC)n1. The molecule has 2 heterocycles. The minimum Gasteiger partial charge on any atom is -0.322 e. The van der Waals surface area contributed by atoms with E-state index in [9.17, 15) is 0 Å². The zero-order valence-electron chi connectivity index (χ0n) is 12.2. The highest BCUT2D eigenvalue weighted by molar-refractivity contribution is 5.18. The lowest BCUT2D eigenvalue weighted by Crippen LogP contribution is -2.19. The van der Waals surface area contributed by atoms with Gasteiger partial charge in [0.1, 0.15) is 0 Å². The second-order valence-corrected chi connectivity index (χ2v) is 4.94. The molecule has 0 saturated heterocycles. The van der Waals surface area contributed by atoms with Gasteiger partial charge in [-0.1, -0.05) is 6.92 Å². The van der Waals surface area contributed by atoms with Crippen LogP contribution in [0.25, 0.3) is 0 Å². The largest absolute Gasteiger partial charge is 0.322 e. The first kappa shape index (κ1) is 13.8. The van der Waals surface area contributed by atoms with Crippen molar-refractivity contribution < 1.29 is 0 Å². The van der Waals surface area contributed by atoms with E-state index in [1.54, 1.807) is 0 Å². The maximum Gasteiger partial charge on any atom is 0.0625 e. The molecule has 19 heavy (non-hydrogen) atoms. The average Bonchev–Trinajstić information content (AvgIpc) is 2.93. The molecular formula is C14H23N5. The lowest BCUT2D eigenvalue weighted by atomic mass is 10.1. The van der Waals surface area contributed by atoms with E-state index in [0.717, 1.165) is 42.2 Å². The van der Waals surface area contributed by atoms with Gasteiger partial charge in [0.15, 0.2) is 0 Å². The Balaban J connectivity index is 2.21. The molecule has 2 aromatic rings. The minimum absolute atomic E-state index is 0.0393. The number of nitrogens with zero attached hydrogens (tertiary/aromatic N) is 4. The summed E-state index contributed by atoms with van der Waals surface area (Å²) in [6.45, 7) is 7.06. The van der Waals surface area contributed by atoms with Crippen molar-refractivity contribution in [3.8, 4) is 0 Å². The van der Waals surface area contributed by atoms with Crippen molar-refractivity contribution in [3.05, 3.63) is 34.9 Å². The van der Waals surface area contributed by atoms with Gasteiger partial charge in [0.2, 0.25) is 0 Å². The van der Waals surface area contributed by atoms with E-state index in [4.69, 9.17) is 5.73 Å². The van der Waals surface area contributed by atoms with Gasteiger partial charge in [-0.2, -0.15) is 10.2 Å². The van der Waals surface area contributed by atoms with Crippen molar-refractivity contribution in [2.75, 3.05) is 0 Å². The first-order valence-electron chi connectivity index (χ1n) is 6.86. The summed E-state index contributed by atoms with van der Waals surface area (Å²) in [5, 5.41) is 8.91. The highest BCUT2D eigenvalue weighted by Crippen LogP contribution is 2.18. The Labute approximate surface area is 114 Å². The van der Waals surface area contributed by atoms with Crippen LogP contribution in [0.3, 0.4) is 0 Å². The standard InChI is InChI=1S/C14H23N5/c1-5-11-8-14(19(6-2)17-11)13(15)9-12-7-10(3)16-18(12)4/h7-8,13H,5-6,9,15H2,1-4H3. The van der Waals surface area contributed by atoms with Crippen molar-refractivity contribution in [2.45, 2.75) is 46.2 Å². The Morgan fingerprint density at radius 3 is 2.53 bits per heavy atom. The molecule has 2 N–H and O–H groups in total. The molecule has 104 valence electrons. The highest BCUT2D eigenvalue weighted by atomic mass is 15.3. The minimum atomic E-state index is -0.0393. The molecule has 0 radical (unpaired) electrons. The van der Waals surface area contributed by atoms with E-state index in [-0.39, 0.29) is 6.04 Å². The van der Waals surface area contributed by atoms with E-state index in [2.05, 4.69) is 36.2 Å². The Morgan fingerprint density at radius 1 is 1.26 bits per heavy atom. The lowest BCUT2D eigenvalue weighted by molar-refractivity contribution is 0.552. The summed E-state index contributed by atoms with van der Waals surface area (Å²) in [5.41, 5.74) is 10.8. The first-order chi connectivity index (χ1) is 9.05. The molecule has 5 heteroatoms. The van der Waals surface area contributed by atoms with Crippen molar-refractivity contribution in [1.29, 1.82) is 0 Å². The second kappa shape index (κ2) is 5.57. The van der Waals surface area contributed by atoms with Crippen LogP contribution < -0.4 is 5.73 Å². The summed E-state index contributed by atoms with van der Waals surface area (Å²) >= 11 is 0. The molecule has 0 saturated carbocycles. The van der Waals surface area contributed by atoms with Gasteiger partial charge in [0.05, 0.1) is 23.1 Å². The molecule has 0 spiro atoms. The number of rotatable bonds is 5. The summed E-state index contributed by atoms with van der Waals surface area (Å²) in [6.07, 6.45) is 1.73. The summed E-state index contributed by atoms with van der Waals surface area (Å²) in [7, 11) is 1.96. The monoisotopic (exact) mass is 261 g/mol. The number of hydrogen-bond acceptors (Lipinski definition) is 3. The predicted octanol–water partition coefficient (Wildman–Crippen LogP) is 1.75. The fourth-order valence-electron chi connectivity index (χ4n) is 2.40. The molecule has 1 unspecified atom stereocenters. The Kier molecular flexibility index (Phi) is 4.04. The quantitative estimate of drug-likeness (QED) is 0.892. The van der Waals surface area contributed by atoms with Crippen LogP contribution in [-0.4, -0.2) is 19.6 Å². The van der Waals surface area contributed by atoms with Crippen LogP contribution >= 0.6 is 0 Å². The number of hydrogen-bond donors (Lipinski definition) is 1. The summed E-state index contributed by atoms with van der Waals surface area (Å²) < 4.78 is 3.91. The summed E-state index contributed by atoms with van der Waals surface area (Å²) in [5.74, 6) is 0. The van der Waals surface area contributed by atoms with E-state index >= 15 is 0 Å². The zero-order chi connectivity index (χ0) is 14.0. The maximum atomic E-state index is 6.35. The molecule has 0 aromatic carbocycles. The molecular weight excluding hydrogens is 238 g/mol. The molecule has 5 nitrogen and oxygen atoms in total. The second-order valence-electron chi connectivity index (χ2n) is 4.94. The van der Waals surface area contributed by atoms with Crippen LogP contribution in [0.5, 0.6) is 0 Å². The molecule has 0 aliphatic heterocycles. The van der Waals surface area contributed by atoms with Gasteiger partial charge in [-0.25, -0.2) is 0 Å². The van der Waals surface area contributed by atoms with Gasteiger partial charge < -0.3 is 5.73 Å².